The molecule has 0 fully saturated rings. The second-order valence-electron chi connectivity index (χ2n) is 4.57. The first-order chi connectivity index (χ1) is 6.80. The molecule has 0 saturated carbocycles. The molecule has 0 aliphatic carbocycles. The predicted octanol–water partition coefficient (Wildman–Crippen LogP) is 3.71. The van der Waals surface area contributed by atoms with Gasteiger partial charge in [-0.3, -0.25) is 4.79 Å². The van der Waals surface area contributed by atoms with Gasteiger partial charge >= 0.3 is 5.97 Å². The fourth-order valence-corrected chi connectivity index (χ4v) is 1.52. The average molecular weight is 271 g/mol. The molecule has 1 aromatic carbocycles. The summed E-state index contributed by atoms with van der Waals surface area (Å²) < 4.78 is 6.08. The predicted molar refractivity (Wildman–Crippen MR) is 64.0 cm³/mol. The van der Waals surface area contributed by atoms with Crippen molar-refractivity contribution in [1.29, 1.82) is 0 Å². The molecular weight excluding hydrogens is 256 g/mol. The Labute approximate surface area is 98.8 Å². The number of rotatable bonds is 1. The summed E-state index contributed by atoms with van der Waals surface area (Å²) >= 11 is 3.37. The molecule has 0 aliphatic rings. The Bertz CT molecular complexity index is 378. The molecule has 0 aliphatic heterocycles. The van der Waals surface area contributed by atoms with Crippen LogP contribution in [0, 0.1) is 12.3 Å². The summed E-state index contributed by atoms with van der Waals surface area (Å²) in [6.45, 7) is 7.48. The smallest absolute Gasteiger partial charge is 0.316 e. The fourth-order valence-electron chi connectivity index (χ4n) is 0.942. The quantitative estimate of drug-likeness (QED) is 0.575. The summed E-state index contributed by atoms with van der Waals surface area (Å²) in [5.41, 5.74) is 0.641. The van der Waals surface area contributed by atoms with Crippen molar-refractivity contribution in [2.45, 2.75) is 27.7 Å². The Morgan fingerprint density at radius 1 is 1.33 bits per heavy atom. The van der Waals surface area contributed by atoms with Crippen molar-refractivity contribution in [3.8, 4) is 5.75 Å². The van der Waals surface area contributed by atoms with Crippen molar-refractivity contribution in [2.75, 3.05) is 0 Å². The molecule has 0 unspecified atom stereocenters. The molecule has 0 spiro atoms. The highest BCUT2D eigenvalue weighted by Gasteiger charge is 2.24. The van der Waals surface area contributed by atoms with Crippen molar-refractivity contribution < 1.29 is 9.53 Å². The van der Waals surface area contributed by atoms with Crippen LogP contribution >= 0.6 is 15.9 Å². The second-order valence-corrected chi connectivity index (χ2v) is 5.43. The molecule has 0 N–H and O–H groups in total. The van der Waals surface area contributed by atoms with Gasteiger partial charge in [0.25, 0.3) is 0 Å². The Balaban J connectivity index is 2.87. The van der Waals surface area contributed by atoms with Crippen LogP contribution in [0.1, 0.15) is 26.3 Å². The molecule has 3 heteroatoms. The van der Waals surface area contributed by atoms with E-state index in [0.717, 1.165) is 10.0 Å². The van der Waals surface area contributed by atoms with E-state index in [1.807, 2.05) is 39.8 Å². The van der Waals surface area contributed by atoms with E-state index in [1.165, 1.54) is 0 Å². The minimum atomic E-state index is -0.482. The van der Waals surface area contributed by atoms with E-state index in [4.69, 9.17) is 4.74 Å². The van der Waals surface area contributed by atoms with Crippen LogP contribution in [0.3, 0.4) is 0 Å². The zero-order valence-corrected chi connectivity index (χ0v) is 11.0. The van der Waals surface area contributed by atoms with Crippen molar-refractivity contribution in [3.05, 3.63) is 28.2 Å². The lowest BCUT2D eigenvalue weighted by molar-refractivity contribution is -0.143. The third-order valence-electron chi connectivity index (χ3n) is 1.90. The lowest BCUT2D eigenvalue weighted by Crippen LogP contribution is -2.25. The zero-order chi connectivity index (χ0) is 11.6. The van der Waals surface area contributed by atoms with Crippen LogP contribution < -0.4 is 4.74 Å². The lowest BCUT2D eigenvalue weighted by atomic mass is 9.97. The monoisotopic (exact) mass is 270 g/mol. The third kappa shape index (κ3) is 3.34. The molecule has 0 aromatic heterocycles. The van der Waals surface area contributed by atoms with Crippen molar-refractivity contribution >= 4 is 21.9 Å². The molecule has 1 rings (SSSR count). The number of carbonyl (C=O) groups excluding carboxylic acids is 1. The van der Waals surface area contributed by atoms with E-state index in [0.29, 0.717) is 5.75 Å². The summed E-state index contributed by atoms with van der Waals surface area (Å²) in [4.78, 5) is 11.6. The maximum absolute atomic E-state index is 11.6. The Morgan fingerprint density at radius 3 is 2.40 bits per heavy atom. The number of hydrogen-bond donors (Lipinski definition) is 0. The van der Waals surface area contributed by atoms with Gasteiger partial charge in [-0.05, 0) is 61.3 Å². The molecule has 82 valence electrons. The topological polar surface area (TPSA) is 26.3 Å². The molecule has 0 bridgehead atoms. The van der Waals surface area contributed by atoms with Gasteiger partial charge in [0, 0.05) is 0 Å². The van der Waals surface area contributed by atoms with Gasteiger partial charge in [0.15, 0.2) is 0 Å². The molecule has 0 amide bonds. The second kappa shape index (κ2) is 4.35. The van der Waals surface area contributed by atoms with Gasteiger partial charge in [0.2, 0.25) is 0 Å². The molecule has 0 heterocycles. The van der Waals surface area contributed by atoms with Crippen LogP contribution in [0.25, 0.3) is 0 Å². The lowest BCUT2D eigenvalue weighted by Gasteiger charge is -2.17. The number of halogens is 1. The minimum absolute atomic E-state index is 0.230. The van der Waals surface area contributed by atoms with Gasteiger partial charge in [-0.25, -0.2) is 0 Å². The number of esters is 1. The van der Waals surface area contributed by atoms with E-state index in [2.05, 4.69) is 15.9 Å². The van der Waals surface area contributed by atoms with Gasteiger partial charge < -0.3 is 4.74 Å². The summed E-state index contributed by atoms with van der Waals surface area (Å²) in [7, 11) is 0. The Kier molecular flexibility index (Phi) is 3.55. The van der Waals surface area contributed by atoms with Gasteiger partial charge in [-0.2, -0.15) is 0 Å². The minimum Gasteiger partial charge on any atom is -0.425 e. The Morgan fingerprint density at radius 2 is 1.93 bits per heavy atom. The van der Waals surface area contributed by atoms with E-state index >= 15 is 0 Å². The highest BCUT2D eigenvalue weighted by Crippen LogP contribution is 2.28. The van der Waals surface area contributed by atoms with Crippen LogP contribution in [-0.4, -0.2) is 5.97 Å². The number of aryl methyl sites for hydroxylation is 1. The molecule has 0 atom stereocenters. The maximum Gasteiger partial charge on any atom is 0.316 e. The summed E-state index contributed by atoms with van der Waals surface area (Å²) in [6, 6.07) is 5.63. The van der Waals surface area contributed by atoms with Crippen LogP contribution in [0.5, 0.6) is 5.75 Å². The van der Waals surface area contributed by atoms with E-state index in [-0.39, 0.29) is 5.97 Å². The van der Waals surface area contributed by atoms with E-state index in [9.17, 15) is 4.79 Å². The average Bonchev–Trinajstić information content (AvgIpc) is 2.08. The summed E-state index contributed by atoms with van der Waals surface area (Å²) in [6.07, 6.45) is 0. The van der Waals surface area contributed by atoms with Crippen LogP contribution in [0.4, 0.5) is 0 Å². The van der Waals surface area contributed by atoms with Gasteiger partial charge in [0.05, 0.1) is 9.89 Å². The zero-order valence-electron chi connectivity index (χ0n) is 9.43. The number of carbonyl (C=O) groups is 1. The SMILES string of the molecule is Cc1ccc(OC(=O)C(C)(C)C)c(Br)c1. The normalized spacial score (nSPS) is 11.3. The highest BCUT2D eigenvalue weighted by atomic mass is 79.9. The third-order valence-corrected chi connectivity index (χ3v) is 2.52. The Hall–Kier alpha value is -0.830. The van der Waals surface area contributed by atoms with E-state index < -0.39 is 5.41 Å². The van der Waals surface area contributed by atoms with E-state index in [1.54, 1.807) is 6.07 Å². The molecule has 2 nitrogen and oxygen atoms in total. The van der Waals surface area contributed by atoms with Crippen molar-refractivity contribution in [3.63, 3.8) is 0 Å². The van der Waals surface area contributed by atoms with Crippen LogP contribution in [-0.2, 0) is 4.79 Å². The molecular formula is C12H15BrO2. The maximum atomic E-state index is 11.6. The molecule has 15 heavy (non-hydrogen) atoms. The highest BCUT2D eigenvalue weighted by molar-refractivity contribution is 9.10. The summed E-state index contributed by atoms with van der Waals surface area (Å²) in [5.74, 6) is 0.340. The number of benzene rings is 1. The van der Waals surface area contributed by atoms with Gasteiger partial charge in [-0.15, -0.1) is 0 Å². The first kappa shape index (κ1) is 12.2. The standard InChI is InChI=1S/C12H15BrO2/c1-8-5-6-10(9(13)7-8)15-11(14)12(2,3)4/h5-7H,1-4H3. The molecule has 0 saturated heterocycles. The van der Waals surface area contributed by atoms with Gasteiger partial charge in [-0.1, -0.05) is 6.07 Å². The van der Waals surface area contributed by atoms with Crippen LogP contribution in [0.2, 0.25) is 0 Å². The van der Waals surface area contributed by atoms with Crippen molar-refractivity contribution in [2.24, 2.45) is 5.41 Å². The summed E-state index contributed by atoms with van der Waals surface area (Å²) in [5, 5.41) is 0. The van der Waals surface area contributed by atoms with Gasteiger partial charge in [0.1, 0.15) is 5.75 Å². The largest absolute Gasteiger partial charge is 0.425 e. The fraction of sp³-hybridized carbons (Fsp3) is 0.417. The van der Waals surface area contributed by atoms with Crippen LogP contribution in [0.15, 0.2) is 22.7 Å². The number of ether oxygens (including phenoxy) is 1. The molecule has 1 aromatic rings. The molecule has 0 radical (unpaired) electrons. The van der Waals surface area contributed by atoms with Crippen molar-refractivity contribution in [1.82, 2.24) is 0 Å². The first-order valence-corrected chi connectivity index (χ1v) is 5.58. The number of hydrogen-bond acceptors (Lipinski definition) is 2. The first-order valence-electron chi connectivity index (χ1n) is 4.79.